The van der Waals surface area contributed by atoms with Crippen LogP contribution in [0.3, 0.4) is 0 Å². The molecule has 2 fully saturated rings. The summed E-state index contributed by atoms with van der Waals surface area (Å²) < 4.78 is 26.4. The Morgan fingerprint density at radius 2 is 1.85 bits per heavy atom. The second kappa shape index (κ2) is 7.87. The van der Waals surface area contributed by atoms with Crippen LogP contribution in [0, 0.1) is 23.2 Å². The Morgan fingerprint density at radius 1 is 1.15 bits per heavy atom. The van der Waals surface area contributed by atoms with Crippen LogP contribution in [-0.4, -0.2) is 47.4 Å². The lowest BCUT2D eigenvalue weighted by atomic mass is 9.77. The number of fused-ring (bicyclic) bond motifs is 3. The molecule has 2 atom stereocenters. The average Bonchev–Trinajstić information content (AvgIpc) is 3.49. The molecule has 2 amide bonds. The number of amides is 2. The van der Waals surface area contributed by atoms with E-state index < -0.39 is 27.4 Å². The van der Waals surface area contributed by atoms with Crippen molar-refractivity contribution in [3.63, 3.8) is 0 Å². The summed E-state index contributed by atoms with van der Waals surface area (Å²) in [7, 11) is -3.49. The van der Waals surface area contributed by atoms with Gasteiger partial charge in [-0.3, -0.25) is 9.59 Å². The van der Waals surface area contributed by atoms with Crippen molar-refractivity contribution >= 4 is 32.7 Å². The highest BCUT2D eigenvalue weighted by Crippen LogP contribution is 2.38. The third kappa shape index (κ3) is 3.80. The first-order valence-corrected chi connectivity index (χ1v) is 13.4. The Balaban J connectivity index is 1.42. The molecule has 0 bridgehead atoms. The maximum Gasteiger partial charge on any atom is 0.236 e. The highest BCUT2D eigenvalue weighted by Gasteiger charge is 2.47. The van der Waals surface area contributed by atoms with Crippen LogP contribution in [-0.2, 0) is 32.6 Å². The van der Waals surface area contributed by atoms with Gasteiger partial charge < -0.3 is 10.2 Å². The average molecular weight is 469 g/mol. The van der Waals surface area contributed by atoms with E-state index in [0.29, 0.717) is 50.7 Å². The van der Waals surface area contributed by atoms with Crippen molar-refractivity contribution in [3.05, 3.63) is 35.5 Å². The molecule has 3 aliphatic rings. The van der Waals surface area contributed by atoms with Gasteiger partial charge in [0.25, 0.3) is 0 Å². The standard InChI is InChI=1S/C24H28N4O4S/c1-33(31,32)28-20-9-5-4-6-16(20)19-14-27(13-10-21(19)28)23(30)18-8-3-2-7-17(18)22(29)26-24(15-25)11-12-24/h4-6,9,17-18H,2-3,7-8,10-14H2,1H3,(H,26,29). The fourth-order valence-electron chi connectivity index (χ4n) is 5.53. The van der Waals surface area contributed by atoms with Gasteiger partial charge in [-0.15, -0.1) is 0 Å². The van der Waals surface area contributed by atoms with Gasteiger partial charge in [-0.2, -0.15) is 5.26 Å². The highest BCUT2D eigenvalue weighted by molar-refractivity contribution is 7.89. The molecule has 8 nitrogen and oxygen atoms in total. The molecule has 9 heteroatoms. The molecule has 0 spiro atoms. The molecule has 5 rings (SSSR count). The third-order valence-electron chi connectivity index (χ3n) is 7.40. The van der Waals surface area contributed by atoms with E-state index in [4.69, 9.17) is 0 Å². The van der Waals surface area contributed by atoms with E-state index >= 15 is 0 Å². The van der Waals surface area contributed by atoms with Crippen LogP contribution in [0.2, 0.25) is 0 Å². The number of carbonyl (C=O) groups is 2. The maximum atomic E-state index is 13.6. The molecule has 2 aromatic rings. The van der Waals surface area contributed by atoms with Gasteiger partial charge in [0, 0.05) is 48.0 Å². The Kier molecular flexibility index (Phi) is 5.24. The summed E-state index contributed by atoms with van der Waals surface area (Å²) in [6, 6.07) is 9.58. The van der Waals surface area contributed by atoms with Gasteiger partial charge in [-0.05, 0) is 31.7 Å². The summed E-state index contributed by atoms with van der Waals surface area (Å²) >= 11 is 0. The zero-order valence-corrected chi connectivity index (χ0v) is 19.5. The number of carbonyl (C=O) groups excluding carboxylic acids is 2. The van der Waals surface area contributed by atoms with E-state index in [-0.39, 0.29) is 11.8 Å². The first-order chi connectivity index (χ1) is 15.7. The second-order valence-corrected chi connectivity index (χ2v) is 11.5. The number of nitrogens with zero attached hydrogens (tertiary/aromatic N) is 3. The lowest BCUT2D eigenvalue weighted by Crippen LogP contribution is -2.48. The summed E-state index contributed by atoms with van der Waals surface area (Å²) in [6.07, 6.45) is 6.09. The molecule has 1 N–H and O–H groups in total. The predicted octanol–water partition coefficient (Wildman–Crippen LogP) is 2.31. The van der Waals surface area contributed by atoms with Crippen molar-refractivity contribution in [3.8, 4) is 6.07 Å². The van der Waals surface area contributed by atoms with E-state index in [9.17, 15) is 23.3 Å². The van der Waals surface area contributed by atoms with Crippen LogP contribution in [0.5, 0.6) is 0 Å². The summed E-state index contributed by atoms with van der Waals surface area (Å²) in [5.74, 6) is -1.05. The number of aromatic nitrogens is 1. The Bertz CT molecular complexity index is 1290. The largest absolute Gasteiger partial charge is 0.338 e. The fraction of sp³-hybridized carbons (Fsp3) is 0.542. The van der Waals surface area contributed by atoms with Crippen LogP contribution >= 0.6 is 0 Å². The zero-order chi connectivity index (χ0) is 23.4. The van der Waals surface area contributed by atoms with Crippen molar-refractivity contribution in [1.82, 2.24) is 14.2 Å². The molecule has 2 unspecified atom stereocenters. The van der Waals surface area contributed by atoms with Crippen molar-refractivity contribution in [1.29, 1.82) is 5.26 Å². The molecule has 0 radical (unpaired) electrons. The summed E-state index contributed by atoms with van der Waals surface area (Å²) in [4.78, 5) is 28.4. The predicted molar refractivity (Wildman–Crippen MR) is 122 cm³/mol. The number of nitrogens with one attached hydrogen (secondary N) is 1. The van der Waals surface area contributed by atoms with Crippen LogP contribution in [0.1, 0.15) is 49.8 Å². The van der Waals surface area contributed by atoms with Gasteiger partial charge in [0.05, 0.1) is 17.8 Å². The quantitative estimate of drug-likeness (QED) is 0.740. The number of nitriles is 1. The van der Waals surface area contributed by atoms with E-state index in [1.54, 1.807) is 11.0 Å². The molecule has 33 heavy (non-hydrogen) atoms. The van der Waals surface area contributed by atoms with Gasteiger partial charge in [0.1, 0.15) is 5.54 Å². The van der Waals surface area contributed by atoms with Gasteiger partial charge in [-0.25, -0.2) is 12.4 Å². The van der Waals surface area contributed by atoms with E-state index in [2.05, 4.69) is 11.4 Å². The minimum absolute atomic E-state index is 0.0431. The third-order valence-corrected chi connectivity index (χ3v) is 8.48. The smallest absolute Gasteiger partial charge is 0.236 e. The molecule has 2 saturated carbocycles. The van der Waals surface area contributed by atoms with Crippen LogP contribution < -0.4 is 5.32 Å². The first kappa shape index (κ1) is 22.0. The molecule has 1 aromatic heterocycles. The fourth-order valence-corrected chi connectivity index (χ4v) is 6.65. The lowest BCUT2D eigenvalue weighted by molar-refractivity contribution is -0.144. The van der Waals surface area contributed by atoms with Gasteiger partial charge in [0.2, 0.25) is 21.8 Å². The molecule has 2 aliphatic carbocycles. The molecule has 2 heterocycles. The SMILES string of the molecule is CS(=O)(=O)n1c2c(c3ccccc31)CN(C(=O)C1CCCCC1C(=O)NC1(C#N)CC1)CC2. The number of hydrogen-bond donors (Lipinski definition) is 1. The van der Waals surface area contributed by atoms with Crippen molar-refractivity contribution in [2.75, 3.05) is 12.8 Å². The van der Waals surface area contributed by atoms with Crippen molar-refractivity contribution in [2.24, 2.45) is 11.8 Å². The van der Waals surface area contributed by atoms with Gasteiger partial charge in [0.15, 0.2) is 0 Å². The van der Waals surface area contributed by atoms with Crippen molar-refractivity contribution < 1.29 is 18.0 Å². The molecule has 1 aliphatic heterocycles. The molecular formula is C24H28N4O4S. The van der Waals surface area contributed by atoms with Gasteiger partial charge in [-0.1, -0.05) is 31.0 Å². The summed E-state index contributed by atoms with van der Waals surface area (Å²) in [5.41, 5.74) is 1.51. The zero-order valence-electron chi connectivity index (χ0n) is 18.7. The first-order valence-electron chi connectivity index (χ1n) is 11.6. The molecule has 0 saturated heterocycles. The van der Waals surface area contributed by atoms with Crippen LogP contribution in [0.25, 0.3) is 10.9 Å². The van der Waals surface area contributed by atoms with E-state index in [0.717, 1.165) is 29.5 Å². The normalized spacial score (nSPS) is 24.1. The maximum absolute atomic E-state index is 13.6. The summed E-state index contributed by atoms with van der Waals surface area (Å²) in [5, 5.41) is 13.1. The molecular weight excluding hydrogens is 440 g/mol. The monoisotopic (exact) mass is 468 g/mol. The van der Waals surface area contributed by atoms with Crippen molar-refractivity contribution in [2.45, 2.75) is 57.0 Å². The minimum Gasteiger partial charge on any atom is -0.338 e. The Labute approximate surface area is 193 Å². The molecule has 174 valence electrons. The number of benzene rings is 1. The van der Waals surface area contributed by atoms with E-state index in [1.807, 2.05) is 18.2 Å². The number of rotatable bonds is 4. The number of para-hydroxylation sites is 1. The minimum atomic E-state index is -3.49. The van der Waals surface area contributed by atoms with Gasteiger partial charge >= 0.3 is 0 Å². The highest BCUT2D eigenvalue weighted by atomic mass is 32.2. The lowest BCUT2D eigenvalue weighted by Gasteiger charge is -2.36. The second-order valence-electron chi connectivity index (χ2n) is 9.66. The number of hydrogen-bond acceptors (Lipinski definition) is 5. The molecule has 1 aromatic carbocycles. The van der Waals surface area contributed by atoms with E-state index in [1.165, 1.54) is 10.2 Å². The van der Waals surface area contributed by atoms with Crippen LogP contribution in [0.15, 0.2) is 24.3 Å². The topological polar surface area (TPSA) is 112 Å². The Morgan fingerprint density at radius 3 is 2.52 bits per heavy atom. The van der Waals surface area contributed by atoms with Crippen LogP contribution in [0.4, 0.5) is 0 Å². The Hall–Kier alpha value is -2.86. The summed E-state index contributed by atoms with van der Waals surface area (Å²) in [6.45, 7) is 0.759.